The highest BCUT2D eigenvalue weighted by molar-refractivity contribution is 5.37. The van der Waals surface area contributed by atoms with E-state index in [1.165, 1.54) is 0 Å². The molecule has 2 N–H and O–H groups in total. The fourth-order valence-corrected chi connectivity index (χ4v) is 1.73. The quantitative estimate of drug-likeness (QED) is 0.610. The molecule has 0 amide bonds. The van der Waals surface area contributed by atoms with E-state index < -0.39 is 0 Å². The summed E-state index contributed by atoms with van der Waals surface area (Å²) in [4.78, 5) is 9.98. The average Bonchev–Trinajstić information content (AvgIpc) is 2.38. The van der Waals surface area contributed by atoms with Gasteiger partial charge in [0.05, 0.1) is 0 Å². The molecule has 1 saturated carbocycles. The number of carbonyl (C=O) groups is 1. The molecule has 1 aliphatic rings. The lowest BCUT2D eigenvalue weighted by Crippen LogP contribution is -2.09. The SMILES string of the molecule is NCCC1CC[C@@H](OC=O)C1. The molecular formula is C8H15NO2. The van der Waals surface area contributed by atoms with Crippen LogP contribution in [0.3, 0.4) is 0 Å². The van der Waals surface area contributed by atoms with Crippen LogP contribution in [0, 0.1) is 5.92 Å². The van der Waals surface area contributed by atoms with Crippen molar-refractivity contribution >= 4 is 6.47 Å². The van der Waals surface area contributed by atoms with Crippen LogP contribution in [0.2, 0.25) is 0 Å². The van der Waals surface area contributed by atoms with Gasteiger partial charge in [-0.05, 0) is 38.1 Å². The lowest BCUT2D eigenvalue weighted by molar-refractivity contribution is -0.133. The molecular weight excluding hydrogens is 142 g/mol. The van der Waals surface area contributed by atoms with E-state index in [1.54, 1.807) is 0 Å². The summed E-state index contributed by atoms with van der Waals surface area (Å²) in [5.41, 5.74) is 5.42. The first kappa shape index (κ1) is 8.53. The van der Waals surface area contributed by atoms with Gasteiger partial charge in [0.25, 0.3) is 6.47 Å². The second-order valence-electron chi connectivity index (χ2n) is 3.11. The molecule has 0 aromatic carbocycles. The molecule has 64 valence electrons. The van der Waals surface area contributed by atoms with Crippen molar-refractivity contribution in [1.82, 2.24) is 0 Å². The Bertz CT molecular complexity index is 127. The predicted octanol–water partition coefficient (Wildman–Crippen LogP) is 0.677. The van der Waals surface area contributed by atoms with Gasteiger partial charge in [0.1, 0.15) is 6.10 Å². The Kier molecular flexibility index (Phi) is 3.36. The van der Waals surface area contributed by atoms with Gasteiger partial charge in [-0.1, -0.05) is 0 Å². The molecule has 1 unspecified atom stereocenters. The number of hydrogen-bond acceptors (Lipinski definition) is 3. The molecule has 0 aliphatic heterocycles. The van der Waals surface area contributed by atoms with E-state index in [1.807, 2.05) is 0 Å². The van der Waals surface area contributed by atoms with Gasteiger partial charge in [-0.25, -0.2) is 0 Å². The molecule has 0 spiro atoms. The van der Waals surface area contributed by atoms with Crippen LogP contribution >= 0.6 is 0 Å². The van der Waals surface area contributed by atoms with Crippen molar-refractivity contribution in [2.75, 3.05) is 6.54 Å². The van der Waals surface area contributed by atoms with Crippen LogP contribution < -0.4 is 5.73 Å². The summed E-state index contributed by atoms with van der Waals surface area (Å²) < 4.78 is 4.86. The Morgan fingerprint density at radius 3 is 3.00 bits per heavy atom. The maximum atomic E-state index is 9.98. The highest BCUT2D eigenvalue weighted by Gasteiger charge is 2.24. The maximum absolute atomic E-state index is 9.98. The normalized spacial score (nSPS) is 30.3. The molecule has 0 heterocycles. The first-order valence-electron chi connectivity index (χ1n) is 4.16. The summed E-state index contributed by atoms with van der Waals surface area (Å²) in [6, 6.07) is 0. The van der Waals surface area contributed by atoms with Gasteiger partial charge in [0, 0.05) is 0 Å². The highest BCUT2D eigenvalue weighted by atomic mass is 16.5. The fourth-order valence-electron chi connectivity index (χ4n) is 1.73. The zero-order valence-corrected chi connectivity index (χ0v) is 6.66. The van der Waals surface area contributed by atoms with Crippen LogP contribution in [0.1, 0.15) is 25.7 Å². The van der Waals surface area contributed by atoms with Crippen molar-refractivity contribution in [3.8, 4) is 0 Å². The van der Waals surface area contributed by atoms with Crippen molar-refractivity contribution < 1.29 is 9.53 Å². The first-order valence-corrected chi connectivity index (χ1v) is 4.16. The fraction of sp³-hybridized carbons (Fsp3) is 0.875. The third-order valence-electron chi connectivity index (χ3n) is 2.32. The van der Waals surface area contributed by atoms with Crippen molar-refractivity contribution in [3.63, 3.8) is 0 Å². The Morgan fingerprint density at radius 1 is 1.55 bits per heavy atom. The molecule has 0 aromatic heterocycles. The number of rotatable bonds is 4. The standard InChI is InChI=1S/C8H15NO2/c9-4-3-7-1-2-8(5-7)11-6-10/h6-8H,1-5,9H2/t7?,8-/m1/s1. The van der Waals surface area contributed by atoms with Crippen LogP contribution in [-0.2, 0) is 9.53 Å². The first-order chi connectivity index (χ1) is 5.36. The Hall–Kier alpha value is -0.570. The summed E-state index contributed by atoms with van der Waals surface area (Å²) >= 11 is 0. The van der Waals surface area contributed by atoms with Crippen LogP contribution in [0.25, 0.3) is 0 Å². The van der Waals surface area contributed by atoms with Crippen molar-refractivity contribution in [2.24, 2.45) is 11.7 Å². The second-order valence-corrected chi connectivity index (χ2v) is 3.11. The Morgan fingerprint density at radius 2 is 2.36 bits per heavy atom. The summed E-state index contributed by atoms with van der Waals surface area (Å²) in [5, 5.41) is 0. The van der Waals surface area contributed by atoms with E-state index in [9.17, 15) is 4.79 Å². The van der Waals surface area contributed by atoms with Gasteiger partial charge in [-0.3, -0.25) is 4.79 Å². The number of carbonyl (C=O) groups excluding carboxylic acids is 1. The number of nitrogens with two attached hydrogens (primary N) is 1. The minimum atomic E-state index is 0.170. The molecule has 1 rings (SSSR count). The summed E-state index contributed by atoms with van der Waals surface area (Å²) in [7, 11) is 0. The molecule has 3 nitrogen and oxygen atoms in total. The van der Waals surface area contributed by atoms with Crippen LogP contribution in [-0.4, -0.2) is 19.1 Å². The van der Waals surface area contributed by atoms with Crippen LogP contribution in [0.15, 0.2) is 0 Å². The summed E-state index contributed by atoms with van der Waals surface area (Å²) in [5.74, 6) is 0.685. The van der Waals surface area contributed by atoms with Crippen LogP contribution in [0.4, 0.5) is 0 Å². The maximum Gasteiger partial charge on any atom is 0.293 e. The Labute approximate surface area is 66.9 Å². The molecule has 3 heteroatoms. The van der Waals surface area contributed by atoms with Gasteiger partial charge in [-0.2, -0.15) is 0 Å². The largest absolute Gasteiger partial charge is 0.465 e. The molecule has 0 saturated heterocycles. The van der Waals surface area contributed by atoms with Crippen LogP contribution in [0.5, 0.6) is 0 Å². The van der Waals surface area contributed by atoms with Gasteiger partial charge in [-0.15, -0.1) is 0 Å². The van der Waals surface area contributed by atoms with Gasteiger partial charge < -0.3 is 10.5 Å². The van der Waals surface area contributed by atoms with Gasteiger partial charge >= 0.3 is 0 Å². The minimum Gasteiger partial charge on any atom is -0.465 e. The summed E-state index contributed by atoms with van der Waals surface area (Å²) in [6.07, 6.45) is 4.43. The third kappa shape index (κ3) is 2.50. The topological polar surface area (TPSA) is 52.3 Å². The highest BCUT2D eigenvalue weighted by Crippen LogP contribution is 2.29. The van der Waals surface area contributed by atoms with Gasteiger partial charge in [0.15, 0.2) is 0 Å². The average molecular weight is 157 g/mol. The van der Waals surface area contributed by atoms with Crippen molar-refractivity contribution in [3.05, 3.63) is 0 Å². The minimum absolute atomic E-state index is 0.170. The van der Waals surface area contributed by atoms with Gasteiger partial charge in [0.2, 0.25) is 0 Å². The van der Waals surface area contributed by atoms with Crippen molar-refractivity contribution in [2.45, 2.75) is 31.8 Å². The predicted molar refractivity (Wildman–Crippen MR) is 41.9 cm³/mol. The zero-order valence-electron chi connectivity index (χ0n) is 6.66. The smallest absolute Gasteiger partial charge is 0.293 e. The number of ether oxygens (including phenoxy) is 1. The molecule has 0 aromatic rings. The lowest BCUT2D eigenvalue weighted by atomic mass is 10.0. The number of hydrogen-bond donors (Lipinski definition) is 1. The molecule has 2 atom stereocenters. The molecule has 1 fully saturated rings. The molecule has 1 aliphatic carbocycles. The van der Waals surface area contributed by atoms with E-state index in [0.29, 0.717) is 12.4 Å². The zero-order chi connectivity index (χ0) is 8.10. The second kappa shape index (κ2) is 4.34. The van der Waals surface area contributed by atoms with E-state index >= 15 is 0 Å². The van der Waals surface area contributed by atoms with E-state index in [4.69, 9.17) is 10.5 Å². The monoisotopic (exact) mass is 157 g/mol. The molecule has 0 radical (unpaired) electrons. The molecule has 0 bridgehead atoms. The lowest BCUT2D eigenvalue weighted by Gasteiger charge is -2.07. The van der Waals surface area contributed by atoms with Crippen molar-refractivity contribution in [1.29, 1.82) is 0 Å². The van der Waals surface area contributed by atoms with E-state index in [0.717, 1.165) is 32.2 Å². The van der Waals surface area contributed by atoms with E-state index in [2.05, 4.69) is 0 Å². The van der Waals surface area contributed by atoms with E-state index in [-0.39, 0.29) is 6.10 Å². The Balaban J connectivity index is 2.17. The molecule has 11 heavy (non-hydrogen) atoms. The third-order valence-corrected chi connectivity index (χ3v) is 2.32. The summed E-state index contributed by atoms with van der Waals surface area (Å²) in [6.45, 7) is 1.30.